The van der Waals surface area contributed by atoms with Crippen LogP contribution in [-0.4, -0.2) is 42.0 Å². The van der Waals surface area contributed by atoms with Gasteiger partial charge in [-0.3, -0.25) is 9.78 Å². The summed E-state index contributed by atoms with van der Waals surface area (Å²) in [5, 5.41) is 0. The third kappa shape index (κ3) is 3.10. The Balaban J connectivity index is 2.09. The fourth-order valence-corrected chi connectivity index (χ4v) is 2.29. The highest BCUT2D eigenvalue weighted by Gasteiger charge is 2.22. The molecule has 1 aliphatic heterocycles. The van der Waals surface area contributed by atoms with Crippen molar-refractivity contribution >= 4 is 11.9 Å². The summed E-state index contributed by atoms with van der Waals surface area (Å²) in [4.78, 5) is 29.4. The Morgan fingerprint density at radius 3 is 2.79 bits per heavy atom. The van der Waals surface area contributed by atoms with Crippen molar-refractivity contribution in [2.24, 2.45) is 5.92 Å². The summed E-state index contributed by atoms with van der Waals surface area (Å²) in [6, 6.07) is 3.15. The van der Waals surface area contributed by atoms with Crippen molar-refractivity contribution in [3.8, 4) is 0 Å². The van der Waals surface area contributed by atoms with Crippen LogP contribution in [0.3, 0.4) is 0 Å². The molecule has 1 unspecified atom stereocenters. The molecule has 19 heavy (non-hydrogen) atoms. The van der Waals surface area contributed by atoms with Crippen molar-refractivity contribution in [2.45, 2.75) is 19.8 Å². The number of carbonyl (C=O) groups excluding carboxylic acids is 2. The first-order valence-corrected chi connectivity index (χ1v) is 6.45. The number of likely N-dealkylation sites (tertiary alicyclic amines) is 1. The average Bonchev–Trinajstić information content (AvgIpc) is 2.46. The van der Waals surface area contributed by atoms with E-state index in [2.05, 4.69) is 16.6 Å². The second-order valence-electron chi connectivity index (χ2n) is 4.92. The molecule has 2 rings (SSSR count). The maximum atomic E-state index is 12.2. The molecule has 5 heteroatoms. The van der Waals surface area contributed by atoms with Gasteiger partial charge in [-0.05, 0) is 30.9 Å². The van der Waals surface area contributed by atoms with E-state index < -0.39 is 5.97 Å². The van der Waals surface area contributed by atoms with Gasteiger partial charge in [0, 0.05) is 19.3 Å². The Morgan fingerprint density at radius 2 is 2.21 bits per heavy atom. The number of rotatable bonds is 2. The monoisotopic (exact) mass is 262 g/mol. The van der Waals surface area contributed by atoms with Gasteiger partial charge in [-0.1, -0.05) is 6.92 Å². The zero-order chi connectivity index (χ0) is 13.8. The van der Waals surface area contributed by atoms with E-state index in [0.29, 0.717) is 17.2 Å². The summed E-state index contributed by atoms with van der Waals surface area (Å²) in [5.41, 5.74) is 0.729. The lowest BCUT2D eigenvalue weighted by Crippen LogP contribution is -2.39. The standard InChI is InChI=1S/C14H18N2O3/c1-10-4-3-7-16(9-10)13(17)12-6-5-11(8-15-12)14(18)19-2/h5-6,8,10H,3-4,7,9H2,1-2H3. The first kappa shape index (κ1) is 13.5. The van der Waals surface area contributed by atoms with Crippen LogP contribution in [0.15, 0.2) is 18.3 Å². The Bertz CT molecular complexity index is 470. The second-order valence-corrected chi connectivity index (χ2v) is 4.92. The Morgan fingerprint density at radius 1 is 1.42 bits per heavy atom. The molecular weight excluding hydrogens is 244 g/mol. The van der Waals surface area contributed by atoms with E-state index in [0.717, 1.165) is 19.5 Å². The molecule has 0 N–H and O–H groups in total. The van der Waals surface area contributed by atoms with E-state index in [1.165, 1.54) is 19.7 Å². The maximum absolute atomic E-state index is 12.2. The molecule has 2 heterocycles. The number of aromatic nitrogens is 1. The predicted molar refractivity (Wildman–Crippen MR) is 69.9 cm³/mol. The van der Waals surface area contributed by atoms with E-state index in [-0.39, 0.29) is 5.91 Å². The fraction of sp³-hybridized carbons (Fsp3) is 0.500. The highest BCUT2D eigenvalue weighted by Crippen LogP contribution is 2.17. The number of hydrogen-bond acceptors (Lipinski definition) is 4. The molecule has 5 nitrogen and oxygen atoms in total. The predicted octanol–water partition coefficient (Wildman–Crippen LogP) is 1.74. The highest BCUT2D eigenvalue weighted by atomic mass is 16.5. The molecule has 0 radical (unpaired) electrons. The minimum atomic E-state index is -0.446. The molecule has 0 saturated carbocycles. The summed E-state index contributed by atoms with van der Waals surface area (Å²) >= 11 is 0. The summed E-state index contributed by atoms with van der Waals surface area (Å²) < 4.78 is 4.59. The van der Waals surface area contributed by atoms with E-state index >= 15 is 0 Å². The number of pyridine rings is 1. The zero-order valence-corrected chi connectivity index (χ0v) is 11.3. The smallest absolute Gasteiger partial charge is 0.339 e. The average molecular weight is 262 g/mol. The van der Waals surface area contributed by atoms with Crippen LogP contribution >= 0.6 is 0 Å². The van der Waals surface area contributed by atoms with Crippen LogP contribution in [0.1, 0.15) is 40.6 Å². The van der Waals surface area contributed by atoms with Gasteiger partial charge in [0.05, 0.1) is 12.7 Å². The number of esters is 1. The lowest BCUT2D eigenvalue weighted by molar-refractivity contribution is 0.0598. The van der Waals surface area contributed by atoms with Gasteiger partial charge in [0.2, 0.25) is 0 Å². The molecular formula is C14H18N2O3. The Hall–Kier alpha value is -1.91. The maximum Gasteiger partial charge on any atom is 0.339 e. The van der Waals surface area contributed by atoms with Gasteiger partial charge in [0.1, 0.15) is 5.69 Å². The number of carbonyl (C=O) groups is 2. The van der Waals surface area contributed by atoms with Crippen molar-refractivity contribution < 1.29 is 14.3 Å². The van der Waals surface area contributed by atoms with Crippen molar-refractivity contribution in [3.63, 3.8) is 0 Å². The van der Waals surface area contributed by atoms with Crippen molar-refractivity contribution in [1.29, 1.82) is 0 Å². The normalized spacial score (nSPS) is 19.1. The SMILES string of the molecule is COC(=O)c1ccc(C(=O)N2CCCC(C)C2)nc1. The third-order valence-corrected chi connectivity index (χ3v) is 3.35. The van der Waals surface area contributed by atoms with Crippen LogP contribution in [0.2, 0.25) is 0 Å². The molecule has 1 fully saturated rings. The van der Waals surface area contributed by atoms with Crippen LogP contribution in [0.5, 0.6) is 0 Å². The largest absolute Gasteiger partial charge is 0.465 e. The molecule has 0 bridgehead atoms. The second kappa shape index (κ2) is 5.82. The van der Waals surface area contributed by atoms with Gasteiger partial charge >= 0.3 is 5.97 Å². The summed E-state index contributed by atoms with van der Waals surface area (Å²) in [5.74, 6) is 0.0214. The summed E-state index contributed by atoms with van der Waals surface area (Å²) in [6.45, 7) is 3.70. The zero-order valence-electron chi connectivity index (χ0n) is 11.3. The van der Waals surface area contributed by atoms with E-state index in [1.807, 2.05) is 4.90 Å². The molecule has 0 aliphatic carbocycles. The summed E-state index contributed by atoms with van der Waals surface area (Å²) in [7, 11) is 1.32. The Labute approximate surface area is 112 Å². The molecule has 1 aromatic heterocycles. The molecule has 102 valence electrons. The molecule has 0 aromatic carbocycles. The van der Waals surface area contributed by atoms with Crippen LogP contribution in [0.4, 0.5) is 0 Å². The third-order valence-electron chi connectivity index (χ3n) is 3.35. The number of methoxy groups -OCH3 is 1. The quantitative estimate of drug-likeness (QED) is 0.762. The number of nitrogens with zero attached hydrogens (tertiary/aromatic N) is 2. The Kier molecular flexibility index (Phi) is 4.14. The van der Waals surface area contributed by atoms with Crippen LogP contribution in [0, 0.1) is 5.92 Å². The number of hydrogen-bond donors (Lipinski definition) is 0. The van der Waals surface area contributed by atoms with Gasteiger partial charge in [-0.2, -0.15) is 0 Å². The lowest BCUT2D eigenvalue weighted by Gasteiger charge is -2.30. The van der Waals surface area contributed by atoms with Crippen molar-refractivity contribution in [2.75, 3.05) is 20.2 Å². The van der Waals surface area contributed by atoms with Crippen LogP contribution in [0.25, 0.3) is 0 Å². The highest BCUT2D eigenvalue weighted by molar-refractivity contribution is 5.94. The fourth-order valence-electron chi connectivity index (χ4n) is 2.29. The minimum Gasteiger partial charge on any atom is -0.465 e. The minimum absolute atomic E-state index is 0.0667. The molecule has 1 aromatic rings. The lowest BCUT2D eigenvalue weighted by atomic mass is 10.00. The molecule has 1 amide bonds. The first-order valence-electron chi connectivity index (χ1n) is 6.45. The van der Waals surface area contributed by atoms with Gasteiger partial charge in [0.25, 0.3) is 5.91 Å². The van der Waals surface area contributed by atoms with Crippen molar-refractivity contribution in [3.05, 3.63) is 29.6 Å². The van der Waals surface area contributed by atoms with Gasteiger partial charge < -0.3 is 9.64 Å². The van der Waals surface area contributed by atoms with Crippen LogP contribution in [-0.2, 0) is 4.74 Å². The van der Waals surface area contributed by atoms with E-state index in [4.69, 9.17) is 0 Å². The molecule has 1 atom stereocenters. The van der Waals surface area contributed by atoms with Gasteiger partial charge in [-0.25, -0.2) is 4.79 Å². The van der Waals surface area contributed by atoms with Gasteiger partial charge in [-0.15, -0.1) is 0 Å². The van der Waals surface area contributed by atoms with E-state index in [9.17, 15) is 9.59 Å². The van der Waals surface area contributed by atoms with Crippen molar-refractivity contribution in [1.82, 2.24) is 9.88 Å². The molecule has 1 saturated heterocycles. The van der Waals surface area contributed by atoms with Gasteiger partial charge in [0.15, 0.2) is 0 Å². The number of amides is 1. The van der Waals surface area contributed by atoms with Crippen LogP contribution < -0.4 is 0 Å². The topological polar surface area (TPSA) is 59.5 Å². The molecule has 1 aliphatic rings. The number of piperidine rings is 1. The van der Waals surface area contributed by atoms with E-state index in [1.54, 1.807) is 12.1 Å². The summed E-state index contributed by atoms with van der Waals surface area (Å²) in [6.07, 6.45) is 3.58. The molecule has 0 spiro atoms. The number of ether oxygens (including phenoxy) is 1. The first-order chi connectivity index (χ1) is 9.11.